The molecular formula is C42H44. The maximum atomic E-state index is 6.20. The zero-order valence-corrected chi connectivity index (χ0v) is 25.6. The van der Waals surface area contributed by atoms with Crippen molar-refractivity contribution in [3.8, 4) is 23.5 Å². The van der Waals surface area contributed by atoms with Crippen LogP contribution >= 0.6 is 0 Å². The molecule has 0 radical (unpaired) electrons. The highest BCUT2D eigenvalue weighted by atomic mass is 14.7. The summed E-state index contributed by atoms with van der Waals surface area (Å²) >= 11 is 0. The van der Waals surface area contributed by atoms with E-state index in [2.05, 4.69) is 136 Å². The van der Waals surface area contributed by atoms with Gasteiger partial charge in [0.25, 0.3) is 0 Å². The molecule has 42 heavy (non-hydrogen) atoms. The molecule has 4 aliphatic rings. The maximum absolute atomic E-state index is 6.20. The maximum Gasteiger partial charge on any atom is 0.0144 e. The third-order valence-electron chi connectivity index (χ3n) is 11.8. The highest BCUT2D eigenvalue weighted by Crippen LogP contribution is 2.75. The first kappa shape index (κ1) is 27.3. The summed E-state index contributed by atoms with van der Waals surface area (Å²) in [5.41, 5.74) is 9.30. The quantitative estimate of drug-likeness (QED) is 0.202. The smallest absolute Gasteiger partial charge is 0.0144 e. The first-order valence-corrected chi connectivity index (χ1v) is 16.0. The van der Waals surface area contributed by atoms with Crippen molar-refractivity contribution >= 4 is 0 Å². The molecule has 2 unspecified atom stereocenters. The van der Waals surface area contributed by atoms with Crippen molar-refractivity contribution < 1.29 is 0 Å². The van der Waals surface area contributed by atoms with Gasteiger partial charge in [-0.3, -0.25) is 0 Å². The molecule has 4 saturated carbocycles. The van der Waals surface area contributed by atoms with Crippen LogP contribution < -0.4 is 0 Å². The highest BCUT2D eigenvalue weighted by molar-refractivity contribution is 5.65. The summed E-state index contributed by atoms with van der Waals surface area (Å²) in [5, 5.41) is 0. The van der Waals surface area contributed by atoms with Crippen molar-refractivity contribution in [3.05, 3.63) is 131 Å². The lowest BCUT2D eigenvalue weighted by Crippen LogP contribution is -2.65. The minimum Gasteiger partial charge on any atom is -0.120 e. The number of terminal acetylenes is 1. The third-order valence-corrected chi connectivity index (χ3v) is 11.8. The van der Waals surface area contributed by atoms with E-state index in [-0.39, 0.29) is 27.1 Å². The molecule has 0 aromatic heterocycles. The minimum atomic E-state index is 0.0947. The molecular weight excluding hydrogens is 504 g/mol. The summed E-state index contributed by atoms with van der Waals surface area (Å²) in [6.45, 7) is 6.96. The molecule has 0 heteroatoms. The van der Waals surface area contributed by atoms with E-state index in [1.54, 1.807) is 0 Å². The Morgan fingerprint density at radius 2 is 1.10 bits per heavy atom. The van der Waals surface area contributed by atoms with E-state index in [0.717, 1.165) is 12.8 Å². The van der Waals surface area contributed by atoms with Gasteiger partial charge in [0.05, 0.1) is 0 Å². The molecule has 0 amide bonds. The molecule has 0 aliphatic heterocycles. The molecule has 8 rings (SSSR count). The SMILES string of the molecule is C#CCC12CC3(c4ccccc4)CC(c4ccccc4)(C1)CC(c1cccc(-c4ccc(C(C)(C)CC)cc4)c1)(C2)C3. The zero-order valence-electron chi connectivity index (χ0n) is 25.6. The summed E-state index contributed by atoms with van der Waals surface area (Å²) < 4.78 is 0. The lowest BCUT2D eigenvalue weighted by Gasteiger charge is -2.71. The molecule has 0 heterocycles. The van der Waals surface area contributed by atoms with E-state index in [4.69, 9.17) is 6.42 Å². The van der Waals surface area contributed by atoms with Gasteiger partial charge in [0, 0.05) is 6.42 Å². The fraction of sp³-hybridized carbons (Fsp3) is 0.381. The van der Waals surface area contributed by atoms with Crippen LogP contribution in [0.15, 0.2) is 109 Å². The second kappa shape index (κ2) is 9.74. The Bertz CT molecular complexity index is 1560. The van der Waals surface area contributed by atoms with E-state index in [0.29, 0.717) is 0 Å². The lowest BCUT2D eigenvalue weighted by atomic mass is 9.32. The average Bonchev–Trinajstić information content (AvgIpc) is 3.01. The molecule has 4 aromatic rings. The fourth-order valence-electron chi connectivity index (χ4n) is 10.1. The van der Waals surface area contributed by atoms with E-state index < -0.39 is 0 Å². The predicted octanol–water partition coefficient (Wildman–Crippen LogP) is 10.5. The Kier molecular flexibility index (Phi) is 6.33. The van der Waals surface area contributed by atoms with Gasteiger partial charge in [0.2, 0.25) is 0 Å². The van der Waals surface area contributed by atoms with Crippen LogP contribution in [0.3, 0.4) is 0 Å². The monoisotopic (exact) mass is 548 g/mol. The normalized spacial score (nSPS) is 29.8. The summed E-state index contributed by atoms with van der Waals surface area (Å²) in [7, 11) is 0. The van der Waals surface area contributed by atoms with Crippen LogP contribution in [0.2, 0.25) is 0 Å². The molecule has 0 spiro atoms. The molecule has 0 nitrogen and oxygen atoms in total. The highest BCUT2D eigenvalue weighted by Gasteiger charge is 2.68. The van der Waals surface area contributed by atoms with Gasteiger partial charge in [-0.15, -0.1) is 12.3 Å². The van der Waals surface area contributed by atoms with E-state index in [1.165, 1.54) is 71.9 Å². The Morgan fingerprint density at radius 1 is 0.595 bits per heavy atom. The number of hydrogen-bond donors (Lipinski definition) is 0. The molecule has 0 N–H and O–H groups in total. The number of hydrogen-bond acceptors (Lipinski definition) is 0. The molecule has 4 fully saturated rings. The van der Waals surface area contributed by atoms with Crippen molar-refractivity contribution in [2.45, 2.75) is 93.8 Å². The molecule has 2 atom stereocenters. The summed E-state index contributed by atoms with van der Waals surface area (Å²) in [5.74, 6) is 3.19. The fourth-order valence-corrected chi connectivity index (χ4v) is 10.1. The predicted molar refractivity (Wildman–Crippen MR) is 177 cm³/mol. The van der Waals surface area contributed by atoms with Crippen LogP contribution in [0, 0.1) is 17.8 Å². The Balaban J connectivity index is 1.38. The van der Waals surface area contributed by atoms with Gasteiger partial charge in [-0.1, -0.05) is 130 Å². The van der Waals surface area contributed by atoms with Gasteiger partial charge in [-0.05, 0) is 105 Å². The van der Waals surface area contributed by atoms with Crippen molar-refractivity contribution in [2.75, 3.05) is 0 Å². The first-order chi connectivity index (χ1) is 20.3. The van der Waals surface area contributed by atoms with E-state index in [1.807, 2.05) is 0 Å². The summed E-state index contributed by atoms with van der Waals surface area (Å²) in [6, 6.07) is 41.9. The molecule has 0 saturated heterocycles. The van der Waals surface area contributed by atoms with Gasteiger partial charge in [0.15, 0.2) is 0 Å². The third kappa shape index (κ3) is 4.28. The second-order valence-electron chi connectivity index (χ2n) is 14.9. The van der Waals surface area contributed by atoms with Crippen molar-refractivity contribution in [1.29, 1.82) is 0 Å². The van der Waals surface area contributed by atoms with Gasteiger partial charge < -0.3 is 0 Å². The second-order valence-corrected chi connectivity index (χ2v) is 14.9. The summed E-state index contributed by atoms with van der Waals surface area (Å²) in [4.78, 5) is 0. The van der Waals surface area contributed by atoms with Crippen LogP contribution in [0.25, 0.3) is 11.1 Å². The Labute approximate surface area is 253 Å². The average molecular weight is 549 g/mol. The molecule has 4 bridgehead atoms. The van der Waals surface area contributed by atoms with Crippen LogP contribution in [-0.2, 0) is 21.7 Å². The molecule has 212 valence electrons. The van der Waals surface area contributed by atoms with E-state index >= 15 is 0 Å². The van der Waals surface area contributed by atoms with Crippen molar-refractivity contribution in [1.82, 2.24) is 0 Å². The Hall–Kier alpha value is -3.56. The van der Waals surface area contributed by atoms with Gasteiger partial charge in [0.1, 0.15) is 0 Å². The Morgan fingerprint density at radius 3 is 1.60 bits per heavy atom. The number of benzene rings is 4. The van der Waals surface area contributed by atoms with Gasteiger partial charge in [-0.2, -0.15) is 0 Å². The van der Waals surface area contributed by atoms with E-state index in [9.17, 15) is 0 Å². The topological polar surface area (TPSA) is 0 Å². The van der Waals surface area contributed by atoms with Crippen LogP contribution in [0.4, 0.5) is 0 Å². The lowest BCUT2D eigenvalue weighted by molar-refractivity contribution is -0.105. The first-order valence-electron chi connectivity index (χ1n) is 16.0. The van der Waals surface area contributed by atoms with Gasteiger partial charge >= 0.3 is 0 Å². The van der Waals surface area contributed by atoms with Crippen molar-refractivity contribution in [3.63, 3.8) is 0 Å². The molecule has 4 aromatic carbocycles. The number of rotatable bonds is 7. The largest absolute Gasteiger partial charge is 0.120 e. The minimum absolute atomic E-state index is 0.0947. The summed E-state index contributed by atoms with van der Waals surface area (Å²) in [6.07, 6.45) is 15.4. The van der Waals surface area contributed by atoms with Crippen LogP contribution in [0.5, 0.6) is 0 Å². The van der Waals surface area contributed by atoms with Gasteiger partial charge in [-0.25, -0.2) is 0 Å². The molecule has 4 aliphatic carbocycles. The van der Waals surface area contributed by atoms with Crippen molar-refractivity contribution in [2.24, 2.45) is 5.41 Å². The van der Waals surface area contributed by atoms with Crippen LogP contribution in [0.1, 0.15) is 94.4 Å². The standard InChI is InChI=1S/C42H44/c1-5-24-39-26-40(35-15-9-7-10-16-35)29-41(27-39,36-17-11-8-12-18-36)31-42(28-39,30-40)37-19-13-14-33(25-37)32-20-22-34(23-21-32)38(3,4)6-2/h1,7-23,25H,6,24,26-31H2,2-4H3. The zero-order chi connectivity index (χ0) is 29.1. The van der Waals surface area contributed by atoms with Crippen LogP contribution in [-0.4, -0.2) is 0 Å².